The van der Waals surface area contributed by atoms with E-state index in [4.69, 9.17) is 0 Å². The fourth-order valence-corrected chi connectivity index (χ4v) is 2.32. The molecular formula is C21H36O2. The summed E-state index contributed by atoms with van der Waals surface area (Å²) in [4.78, 5) is 10.9. The molecule has 132 valence electrons. The van der Waals surface area contributed by atoms with E-state index in [9.17, 15) is 4.79 Å². The van der Waals surface area contributed by atoms with E-state index in [0.717, 1.165) is 19.3 Å². The molecule has 0 heterocycles. The van der Waals surface area contributed by atoms with Crippen molar-refractivity contribution in [1.82, 2.24) is 0 Å². The van der Waals surface area contributed by atoms with Crippen LogP contribution < -0.4 is 0 Å². The molecule has 0 amide bonds. The van der Waals surface area contributed by atoms with Crippen LogP contribution in [0.15, 0.2) is 36.5 Å². The van der Waals surface area contributed by atoms with Crippen molar-refractivity contribution in [2.24, 2.45) is 0 Å². The van der Waals surface area contributed by atoms with Crippen molar-refractivity contribution in [3.63, 3.8) is 0 Å². The monoisotopic (exact) mass is 320 g/mol. The Morgan fingerprint density at radius 3 is 1.83 bits per heavy atom. The largest absolute Gasteiger partial charge is 0.466 e. The van der Waals surface area contributed by atoms with Gasteiger partial charge in [0.05, 0.1) is 7.11 Å². The molecule has 0 aliphatic heterocycles. The Morgan fingerprint density at radius 2 is 1.26 bits per heavy atom. The van der Waals surface area contributed by atoms with Crippen molar-refractivity contribution in [3.05, 3.63) is 36.5 Å². The maximum absolute atomic E-state index is 10.9. The lowest BCUT2D eigenvalue weighted by atomic mass is 10.1. The van der Waals surface area contributed by atoms with E-state index in [1.165, 1.54) is 71.0 Å². The van der Waals surface area contributed by atoms with E-state index in [0.29, 0.717) is 0 Å². The number of esters is 1. The fourth-order valence-electron chi connectivity index (χ4n) is 2.32. The van der Waals surface area contributed by atoms with Crippen LogP contribution in [-0.2, 0) is 9.53 Å². The Labute approximate surface area is 143 Å². The highest BCUT2D eigenvalue weighted by molar-refractivity contribution is 5.81. The van der Waals surface area contributed by atoms with Gasteiger partial charge in [0.2, 0.25) is 0 Å². The lowest BCUT2D eigenvalue weighted by Gasteiger charge is -1.98. The number of methoxy groups -OCH3 is 1. The summed E-state index contributed by atoms with van der Waals surface area (Å²) >= 11 is 0. The van der Waals surface area contributed by atoms with Gasteiger partial charge in [-0.1, -0.05) is 69.4 Å². The molecule has 0 aliphatic rings. The Balaban J connectivity index is 3.25. The molecule has 0 radical (unpaired) electrons. The highest BCUT2D eigenvalue weighted by Crippen LogP contribution is 2.08. The van der Waals surface area contributed by atoms with Crippen molar-refractivity contribution in [2.75, 3.05) is 7.11 Å². The van der Waals surface area contributed by atoms with Crippen LogP contribution in [0.25, 0.3) is 0 Å². The molecule has 0 unspecified atom stereocenters. The van der Waals surface area contributed by atoms with Gasteiger partial charge in [-0.3, -0.25) is 0 Å². The first kappa shape index (κ1) is 21.7. The van der Waals surface area contributed by atoms with Crippen LogP contribution in [0.5, 0.6) is 0 Å². The van der Waals surface area contributed by atoms with Gasteiger partial charge in [-0.15, -0.1) is 0 Å². The summed E-state index contributed by atoms with van der Waals surface area (Å²) in [5, 5.41) is 0. The minimum atomic E-state index is -0.257. The van der Waals surface area contributed by atoms with Crippen molar-refractivity contribution in [2.45, 2.75) is 84.0 Å². The second kappa shape index (κ2) is 18.7. The van der Waals surface area contributed by atoms with Gasteiger partial charge >= 0.3 is 5.97 Å². The van der Waals surface area contributed by atoms with Crippen LogP contribution in [-0.4, -0.2) is 13.1 Å². The topological polar surface area (TPSA) is 26.3 Å². The molecule has 0 bridgehead atoms. The third kappa shape index (κ3) is 18.6. The quantitative estimate of drug-likeness (QED) is 0.148. The van der Waals surface area contributed by atoms with Gasteiger partial charge in [-0.05, 0) is 44.9 Å². The summed E-state index contributed by atoms with van der Waals surface area (Å²) in [5.41, 5.74) is 0. The van der Waals surface area contributed by atoms with Gasteiger partial charge in [0.1, 0.15) is 0 Å². The molecule has 0 aliphatic carbocycles. The molecule has 2 nitrogen and oxygen atoms in total. The molecule has 0 aromatic carbocycles. The van der Waals surface area contributed by atoms with E-state index in [1.807, 2.05) is 6.08 Å². The molecule has 0 atom stereocenters. The summed E-state index contributed by atoms with van der Waals surface area (Å²) in [5.74, 6) is -0.257. The van der Waals surface area contributed by atoms with Crippen LogP contribution in [0, 0.1) is 0 Å². The predicted octanol–water partition coefficient (Wildman–Crippen LogP) is 6.53. The van der Waals surface area contributed by atoms with Crippen molar-refractivity contribution in [1.29, 1.82) is 0 Å². The third-order valence-electron chi connectivity index (χ3n) is 3.78. The summed E-state index contributed by atoms with van der Waals surface area (Å²) in [7, 11) is 1.41. The second-order valence-corrected chi connectivity index (χ2v) is 5.94. The summed E-state index contributed by atoms with van der Waals surface area (Å²) in [6.07, 6.45) is 27.4. The molecule has 23 heavy (non-hydrogen) atoms. The Kier molecular flexibility index (Phi) is 17.7. The zero-order valence-corrected chi connectivity index (χ0v) is 15.3. The molecule has 0 aromatic rings. The normalized spacial score (nSPS) is 11.9. The number of rotatable bonds is 15. The lowest BCUT2D eigenvalue weighted by Crippen LogP contribution is -1.93. The van der Waals surface area contributed by atoms with Crippen LogP contribution in [0.4, 0.5) is 0 Å². The Bertz CT molecular complexity index is 340. The molecular weight excluding hydrogens is 284 g/mol. The molecule has 0 aromatic heterocycles. The van der Waals surface area contributed by atoms with Crippen molar-refractivity contribution < 1.29 is 9.53 Å². The summed E-state index contributed by atoms with van der Waals surface area (Å²) in [6.45, 7) is 2.24. The number of unbranched alkanes of at least 4 members (excludes halogenated alkanes) is 9. The number of hydrogen-bond acceptors (Lipinski definition) is 2. The van der Waals surface area contributed by atoms with Crippen LogP contribution in [0.3, 0.4) is 0 Å². The Hall–Kier alpha value is -1.31. The first-order valence-electron chi connectivity index (χ1n) is 9.35. The van der Waals surface area contributed by atoms with E-state index in [-0.39, 0.29) is 5.97 Å². The Morgan fingerprint density at radius 1 is 0.739 bits per heavy atom. The number of carbonyl (C=O) groups is 1. The SMILES string of the molecule is CCCCC/C=C\C/C=C\CCCCCCC/C=C/C(=O)OC. The minimum absolute atomic E-state index is 0.257. The molecule has 2 heteroatoms. The highest BCUT2D eigenvalue weighted by Gasteiger charge is 1.91. The highest BCUT2D eigenvalue weighted by atomic mass is 16.5. The van der Waals surface area contributed by atoms with Crippen LogP contribution >= 0.6 is 0 Å². The molecule has 0 fully saturated rings. The molecule has 0 saturated heterocycles. The lowest BCUT2D eigenvalue weighted by molar-refractivity contribution is -0.134. The van der Waals surface area contributed by atoms with Gasteiger partial charge in [-0.2, -0.15) is 0 Å². The van der Waals surface area contributed by atoms with Crippen molar-refractivity contribution in [3.8, 4) is 0 Å². The number of ether oxygens (including phenoxy) is 1. The number of allylic oxidation sites excluding steroid dienone is 5. The first-order valence-corrected chi connectivity index (χ1v) is 9.35. The minimum Gasteiger partial charge on any atom is -0.466 e. The molecule has 0 spiro atoms. The summed E-state index contributed by atoms with van der Waals surface area (Å²) < 4.78 is 4.54. The molecule has 0 N–H and O–H groups in total. The standard InChI is InChI=1S/C21H36O2/c1-3-4-5-6-7-8-9-10-11-12-13-14-15-16-17-18-19-20-21(22)23-2/h7-8,10-11,19-20H,3-6,9,12-18H2,1-2H3/b8-7-,11-10-,20-19+. The van der Waals surface area contributed by atoms with E-state index in [2.05, 4.69) is 36.0 Å². The van der Waals surface area contributed by atoms with Crippen LogP contribution in [0.2, 0.25) is 0 Å². The number of carbonyl (C=O) groups excluding carboxylic acids is 1. The molecule has 0 rings (SSSR count). The van der Waals surface area contributed by atoms with Crippen molar-refractivity contribution >= 4 is 5.97 Å². The maximum atomic E-state index is 10.9. The fraction of sp³-hybridized carbons (Fsp3) is 0.667. The number of hydrogen-bond donors (Lipinski definition) is 0. The van der Waals surface area contributed by atoms with Gasteiger partial charge in [-0.25, -0.2) is 4.79 Å². The molecule has 0 saturated carbocycles. The van der Waals surface area contributed by atoms with Gasteiger partial charge < -0.3 is 4.74 Å². The maximum Gasteiger partial charge on any atom is 0.330 e. The van der Waals surface area contributed by atoms with Gasteiger partial charge in [0.15, 0.2) is 0 Å². The smallest absolute Gasteiger partial charge is 0.330 e. The van der Waals surface area contributed by atoms with E-state index in [1.54, 1.807) is 0 Å². The average Bonchev–Trinajstić information content (AvgIpc) is 2.57. The average molecular weight is 321 g/mol. The van der Waals surface area contributed by atoms with Gasteiger partial charge in [0.25, 0.3) is 0 Å². The second-order valence-electron chi connectivity index (χ2n) is 5.94. The zero-order chi connectivity index (χ0) is 17.0. The zero-order valence-electron chi connectivity index (χ0n) is 15.3. The van der Waals surface area contributed by atoms with E-state index < -0.39 is 0 Å². The first-order chi connectivity index (χ1) is 11.3. The predicted molar refractivity (Wildman–Crippen MR) is 101 cm³/mol. The third-order valence-corrected chi connectivity index (χ3v) is 3.78. The van der Waals surface area contributed by atoms with Crippen LogP contribution in [0.1, 0.15) is 84.0 Å². The van der Waals surface area contributed by atoms with E-state index >= 15 is 0 Å². The van der Waals surface area contributed by atoms with Gasteiger partial charge in [0, 0.05) is 6.08 Å². The summed E-state index contributed by atoms with van der Waals surface area (Å²) in [6, 6.07) is 0.